The average molecular weight is 196 g/mol. The van der Waals surface area contributed by atoms with Crippen molar-refractivity contribution in [3.63, 3.8) is 0 Å². The van der Waals surface area contributed by atoms with E-state index in [1.54, 1.807) is 7.05 Å². The first kappa shape index (κ1) is 9.18. The number of carbonyl (C=O) groups excluding carboxylic acids is 3. The third-order valence-corrected chi connectivity index (χ3v) is 3.23. The third-order valence-electron chi connectivity index (χ3n) is 3.23. The van der Waals surface area contributed by atoms with Crippen molar-refractivity contribution in [2.24, 2.45) is 0 Å². The van der Waals surface area contributed by atoms with E-state index in [9.17, 15) is 14.4 Å². The monoisotopic (exact) mass is 196 g/mol. The number of imide groups is 1. The van der Waals surface area contributed by atoms with Gasteiger partial charge in [0, 0.05) is 26.9 Å². The Kier molecular flexibility index (Phi) is 1.68. The van der Waals surface area contributed by atoms with Crippen molar-refractivity contribution in [1.29, 1.82) is 0 Å². The lowest BCUT2D eigenvalue weighted by Crippen LogP contribution is -2.45. The van der Waals surface area contributed by atoms with Gasteiger partial charge in [0.15, 0.2) is 0 Å². The molecule has 0 N–H and O–H groups in total. The van der Waals surface area contributed by atoms with E-state index in [1.807, 2.05) is 0 Å². The summed E-state index contributed by atoms with van der Waals surface area (Å²) >= 11 is 0. The summed E-state index contributed by atoms with van der Waals surface area (Å²) in [4.78, 5) is 37.0. The van der Waals surface area contributed by atoms with Gasteiger partial charge in [0.25, 0.3) is 5.91 Å². The standard InChI is InChI=1S/C9H12N2O3/c1-10-7(13)9(11(2)8(10)14)4-3-6(12)5-9/h3-5H2,1-2H3. The highest BCUT2D eigenvalue weighted by Gasteiger charge is 2.57. The molecule has 2 fully saturated rings. The topological polar surface area (TPSA) is 57.7 Å². The molecule has 0 aromatic heterocycles. The Bertz CT molecular complexity index is 339. The smallest absolute Gasteiger partial charge is 0.312 e. The van der Waals surface area contributed by atoms with E-state index in [0.717, 1.165) is 4.90 Å². The summed E-state index contributed by atoms with van der Waals surface area (Å²) in [7, 11) is 3.04. The zero-order valence-corrected chi connectivity index (χ0v) is 8.24. The maximum absolute atomic E-state index is 11.8. The number of rotatable bonds is 0. The average Bonchev–Trinajstić information content (AvgIpc) is 2.62. The van der Waals surface area contributed by atoms with Crippen molar-refractivity contribution in [3.8, 4) is 0 Å². The van der Waals surface area contributed by atoms with Crippen LogP contribution in [-0.2, 0) is 9.59 Å². The van der Waals surface area contributed by atoms with Gasteiger partial charge in [-0.25, -0.2) is 4.79 Å². The predicted octanol–water partition coefficient (Wildman–Crippen LogP) is 0.00200. The number of likely N-dealkylation sites (N-methyl/N-ethyl adjacent to an activating group) is 2. The number of amides is 3. The van der Waals surface area contributed by atoms with Crippen LogP contribution < -0.4 is 0 Å². The van der Waals surface area contributed by atoms with Gasteiger partial charge in [-0.2, -0.15) is 0 Å². The maximum atomic E-state index is 11.8. The first-order chi connectivity index (χ1) is 6.49. The van der Waals surface area contributed by atoms with Crippen LogP contribution in [0.25, 0.3) is 0 Å². The molecule has 0 aromatic carbocycles. The number of urea groups is 1. The summed E-state index contributed by atoms with van der Waals surface area (Å²) in [6.07, 6.45) is 1.05. The minimum Gasteiger partial charge on any atom is -0.312 e. The molecular weight excluding hydrogens is 184 g/mol. The van der Waals surface area contributed by atoms with Crippen LogP contribution in [0.3, 0.4) is 0 Å². The fourth-order valence-corrected chi connectivity index (χ4v) is 2.27. The number of carbonyl (C=O) groups is 3. The molecular formula is C9H12N2O3. The van der Waals surface area contributed by atoms with Crippen molar-refractivity contribution < 1.29 is 14.4 Å². The first-order valence-electron chi connectivity index (χ1n) is 4.57. The first-order valence-corrected chi connectivity index (χ1v) is 4.57. The van der Waals surface area contributed by atoms with Crippen LogP contribution in [0.15, 0.2) is 0 Å². The number of hydrogen-bond acceptors (Lipinski definition) is 3. The Balaban J connectivity index is 2.41. The molecule has 0 aromatic rings. The van der Waals surface area contributed by atoms with E-state index in [1.165, 1.54) is 11.9 Å². The van der Waals surface area contributed by atoms with Gasteiger partial charge in [0.1, 0.15) is 11.3 Å². The molecule has 1 atom stereocenters. The Labute approximate surface area is 81.7 Å². The SMILES string of the molecule is CN1C(=O)N(C)C2(CCC(=O)C2)C1=O. The van der Waals surface area contributed by atoms with Crippen LogP contribution in [0.1, 0.15) is 19.3 Å². The molecule has 0 bridgehead atoms. The summed E-state index contributed by atoms with van der Waals surface area (Å²) in [5.74, 6) is -0.177. The predicted molar refractivity (Wildman–Crippen MR) is 47.5 cm³/mol. The van der Waals surface area contributed by atoms with Crippen LogP contribution in [-0.4, -0.2) is 47.2 Å². The summed E-state index contributed by atoms with van der Waals surface area (Å²) in [6.45, 7) is 0. The number of ketones is 1. The van der Waals surface area contributed by atoms with Crippen molar-refractivity contribution in [3.05, 3.63) is 0 Å². The molecule has 2 rings (SSSR count). The summed E-state index contributed by atoms with van der Waals surface area (Å²) in [5.41, 5.74) is -0.858. The highest BCUT2D eigenvalue weighted by Crippen LogP contribution is 2.38. The van der Waals surface area contributed by atoms with Crippen molar-refractivity contribution >= 4 is 17.7 Å². The van der Waals surface area contributed by atoms with Gasteiger partial charge >= 0.3 is 6.03 Å². The lowest BCUT2D eigenvalue weighted by Gasteiger charge is -2.26. The van der Waals surface area contributed by atoms with Crippen molar-refractivity contribution in [2.45, 2.75) is 24.8 Å². The molecule has 1 unspecified atom stereocenters. The highest BCUT2D eigenvalue weighted by atomic mass is 16.2. The normalized spacial score (nSPS) is 32.6. The van der Waals surface area contributed by atoms with Gasteiger partial charge in [0.05, 0.1) is 0 Å². The lowest BCUT2D eigenvalue weighted by atomic mass is 9.96. The third kappa shape index (κ3) is 0.867. The fourth-order valence-electron chi connectivity index (χ4n) is 2.27. The van der Waals surface area contributed by atoms with Crippen molar-refractivity contribution in [2.75, 3.05) is 14.1 Å². The van der Waals surface area contributed by atoms with Crippen LogP contribution in [0.5, 0.6) is 0 Å². The second-order valence-electron chi connectivity index (χ2n) is 3.95. The van der Waals surface area contributed by atoms with E-state index < -0.39 is 5.54 Å². The molecule has 3 amide bonds. The van der Waals surface area contributed by atoms with Gasteiger partial charge in [-0.1, -0.05) is 0 Å². The Morgan fingerprint density at radius 1 is 1.21 bits per heavy atom. The Hall–Kier alpha value is -1.39. The van der Waals surface area contributed by atoms with Gasteiger partial charge in [-0.15, -0.1) is 0 Å². The summed E-state index contributed by atoms with van der Waals surface area (Å²) in [6, 6.07) is -0.315. The van der Waals surface area contributed by atoms with E-state index in [2.05, 4.69) is 0 Å². The summed E-state index contributed by atoms with van der Waals surface area (Å²) < 4.78 is 0. The molecule has 1 spiro atoms. The van der Waals surface area contributed by atoms with Crippen LogP contribution in [0.2, 0.25) is 0 Å². The molecule has 1 aliphatic carbocycles. The van der Waals surface area contributed by atoms with Crippen LogP contribution in [0.4, 0.5) is 4.79 Å². The molecule has 76 valence electrons. The van der Waals surface area contributed by atoms with E-state index in [4.69, 9.17) is 0 Å². The second kappa shape index (κ2) is 2.56. The second-order valence-corrected chi connectivity index (χ2v) is 3.95. The summed E-state index contributed by atoms with van der Waals surface area (Å²) in [5, 5.41) is 0. The molecule has 14 heavy (non-hydrogen) atoms. The van der Waals surface area contributed by atoms with Gasteiger partial charge < -0.3 is 4.90 Å². The highest BCUT2D eigenvalue weighted by molar-refractivity contribution is 6.09. The molecule has 5 nitrogen and oxygen atoms in total. The lowest BCUT2D eigenvalue weighted by molar-refractivity contribution is -0.133. The molecule has 1 saturated carbocycles. The maximum Gasteiger partial charge on any atom is 0.327 e. The molecule has 1 aliphatic heterocycles. The molecule has 1 saturated heterocycles. The minimum absolute atomic E-state index is 0.0632. The number of nitrogens with zero attached hydrogens (tertiary/aromatic N) is 2. The van der Waals surface area contributed by atoms with Gasteiger partial charge in [-0.05, 0) is 6.42 Å². The van der Waals surface area contributed by atoms with Crippen molar-refractivity contribution in [1.82, 2.24) is 9.80 Å². The van der Waals surface area contributed by atoms with Gasteiger partial charge in [-0.3, -0.25) is 14.5 Å². The zero-order valence-electron chi connectivity index (χ0n) is 8.24. The van der Waals surface area contributed by atoms with Gasteiger partial charge in [0.2, 0.25) is 0 Å². The van der Waals surface area contributed by atoms with E-state index >= 15 is 0 Å². The molecule has 5 heteroatoms. The fraction of sp³-hybridized carbons (Fsp3) is 0.667. The van der Waals surface area contributed by atoms with E-state index in [-0.39, 0.29) is 24.1 Å². The van der Waals surface area contributed by atoms with Crippen LogP contribution >= 0.6 is 0 Å². The minimum atomic E-state index is -0.858. The quantitative estimate of drug-likeness (QED) is 0.512. The van der Waals surface area contributed by atoms with E-state index in [0.29, 0.717) is 12.8 Å². The molecule has 0 radical (unpaired) electrons. The Morgan fingerprint density at radius 2 is 1.86 bits per heavy atom. The Morgan fingerprint density at radius 3 is 2.21 bits per heavy atom. The number of hydrogen-bond donors (Lipinski definition) is 0. The molecule has 2 aliphatic rings. The van der Waals surface area contributed by atoms with Crippen LogP contribution in [0, 0.1) is 0 Å². The number of Topliss-reactive ketones (excluding diaryl/α,β-unsaturated/α-hetero) is 1. The molecule has 1 heterocycles. The largest absolute Gasteiger partial charge is 0.327 e. The zero-order chi connectivity index (χ0) is 10.5.